The molecule has 0 N–H and O–H groups in total. The predicted molar refractivity (Wildman–Crippen MR) is 84.3 cm³/mol. The van der Waals surface area contributed by atoms with Gasteiger partial charge in [-0.15, -0.1) is 0 Å². The Balaban J connectivity index is 2.10. The Labute approximate surface area is 131 Å². The van der Waals surface area contributed by atoms with E-state index in [-0.39, 0.29) is 30.3 Å². The number of rotatable bonds is 5. The fourth-order valence-electron chi connectivity index (χ4n) is 2.84. The van der Waals surface area contributed by atoms with Gasteiger partial charge in [-0.05, 0) is 26.6 Å². The second-order valence-corrected chi connectivity index (χ2v) is 6.11. The molecule has 2 unspecified atom stereocenters. The van der Waals surface area contributed by atoms with E-state index < -0.39 is 0 Å². The molecule has 0 bridgehead atoms. The molecule has 1 aliphatic rings. The van der Waals surface area contributed by atoms with Crippen LogP contribution in [-0.4, -0.2) is 56.0 Å². The molecule has 1 fully saturated rings. The van der Waals surface area contributed by atoms with Crippen LogP contribution >= 0.6 is 0 Å². The lowest BCUT2D eigenvalue weighted by Crippen LogP contribution is -2.36. The average molecular weight is 304 g/mol. The summed E-state index contributed by atoms with van der Waals surface area (Å²) in [6.45, 7) is 3.09. The second-order valence-electron chi connectivity index (χ2n) is 6.11. The van der Waals surface area contributed by atoms with Crippen LogP contribution in [0.15, 0.2) is 24.3 Å². The third kappa shape index (κ3) is 3.65. The number of carbonyl (C=O) groups excluding carboxylic acids is 2. The van der Waals surface area contributed by atoms with Crippen molar-refractivity contribution in [3.63, 3.8) is 0 Å². The first-order valence-corrected chi connectivity index (χ1v) is 7.51. The molecule has 0 aliphatic carbocycles. The third-order valence-electron chi connectivity index (χ3n) is 4.23. The van der Waals surface area contributed by atoms with Gasteiger partial charge in [-0.25, -0.2) is 0 Å². The van der Waals surface area contributed by atoms with Crippen molar-refractivity contribution in [3.8, 4) is 0 Å². The average Bonchev–Trinajstić information content (AvgIpc) is 2.86. The summed E-state index contributed by atoms with van der Waals surface area (Å²) in [7, 11) is 5.37. The topological polar surface area (TPSA) is 49.9 Å². The van der Waals surface area contributed by atoms with Crippen LogP contribution in [-0.2, 0) is 14.3 Å². The smallest absolute Gasteiger partial charge is 0.310 e. The van der Waals surface area contributed by atoms with Crippen molar-refractivity contribution >= 4 is 11.9 Å². The maximum absolute atomic E-state index is 12.1. The summed E-state index contributed by atoms with van der Waals surface area (Å²) < 4.78 is 4.75. The number of nitrogens with zero attached hydrogens (tertiary/aromatic N) is 2. The number of esters is 1. The largest absolute Gasteiger partial charge is 0.469 e. The first-order chi connectivity index (χ1) is 10.4. The fraction of sp³-hybridized carbons (Fsp3) is 0.529. The van der Waals surface area contributed by atoms with E-state index in [1.54, 1.807) is 4.90 Å². The molecule has 2 rings (SSSR count). The summed E-state index contributed by atoms with van der Waals surface area (Å²) in [6, 6.07) is 8.46. The minimum Gasteiger partial charge on any atom is -0.469 e. The molecule has 1 aliphatic heterocycles. The highest BCUT2D eigenvalue weighted by Gasteiger charge is 2.36. The Bertz CT molecular complexity index is 539. The Kier molecular flexibility index (Phi) is 5.19. The van der Waals surface area contributed by atoms with E-state index in [4.69, 9.17) is 4.74 Å². The molecular weight excluding hydrogens is 280 g/mol. The molecule has 5 heteroatoms. The van der Waals surface area contributed by atoms with Gasteiger partial charge in [0.05, 0.1) is 19.1 Å². The summed E-state index contributed by atoms with van der Waals surface area (Å²) in [5, 5.41) is 0. The van der Waals surface area contributed by atoms with Crippen molar-refractivity contribution in [1.82, 2.24) is 9.80 Å². The summed E-state index contributed by atoms with van der Waals surface area (Å²) in [6.07, 6.45) is 0.251. The van der Waals surface area contributed by atoms with Gasteiger partial charge in [0.15, 0.2) is 0 Å². The monoisotopic (exact) mass is 304 g/mol. The van der Waals surface area contributed by atoms with E-state index in [9.17, 15) is 9.59 Å². The van der Waals surface area contributed by atoms with Gasteiger partial charge in [-0.2, -0.15) is 0 Å². The zero-order valence-corrected chi connectivity index (χ0v) is 13.7. The highest BCUT2D eigenvalue weighted by molar-refractivity contribution is 5.86. The van der Waals surface area contributed by atoms with Crippen LogP contribution in [0.25, 0.3) is 0 Å². The maximum Gasteiger partial charge on any atom is 0.310 e. The van der Waals surface area contributed by atoms with Crippen molar-refractivity contribution in [2.75, 3.05) is 34.3 Å². The zero-order chi connectivity index (χ0) is 16.3. The first kappa shape index (κ1) is 16.5. The number of carbonyl (C=O) groups is 2. The molecule has 0 aromatic heterocycles. The van der Waals surface area contributed by atoms with E-state index in [1.807, 2.05) is 14.1 Å². The molecule has 1 amide bonds. The van der Waals surface area contributed by atoms with E-state index in [1.165, 1.54) is 18.2 Å². The molecule has 0 spiro atoms. The van der Waals surface area contributed by atoms with Gasteiger partial charge in [0.25, 0.3) is 0 Å². The Morgan fingerprint density at radius 1 is 1.36 bits per heavy atom. The number of likely N-dealkylation sites (tertiary alicyclic amines) is 1. The van der Waals surface area contributed by atoms with Gasteiger partial charge in [-0.3, -0.25) is 9.59 Å². The van der Waals surface area contributed by atoms with Gasteiger partial charge in [-0.1, -0.05) is 29.8 Å². The summed E-state index contributed by atoms with van der Waals surface area (Å²) >= 11 is 0. The van der Waals surface area contributed by atoms with Gasteiger partial charge >= 0.3 is 5.97 Å². The Morgan fingerprint density at radius 3 is 2.55 bits per heavy atom. The molecule has 1 saturated heterocycles. The molecule has 120 valence electrons. The number of methoxy groups -OCH3 is 1. The SMILES string of the molecule is COC(=O)C1CC(=O)N(CC(c2ccc(C)cc2)N(C)C)C1. The van der Waals surface area contributed by atoms with Gasteiger partial charge in [0, 0.05) is 19.5 Å². The van der Waals surface area contributed by atoms with Crippen LogP contribution in [0.3, 0.4) is 0 Å². The first-order valence-electron chi connectivity index (χ1n) is 7.51. The molecule has 2 atom stereocenters. The van der Waals surface area contributed by atoms with Crippen LogP contribution in [0.5, 0.6) is 0 Å². The van der Waals surface area contributed by atoms with Gasteiger partial charge < -0.3 is 14.5 Å². The van der Waals surface area contributed by atoms with Crippen LogP contribution in [0.1, 0.15) is 23.6 Å². The van der Waals surface area contributed by atoms with Crippen LogP contribution in [0.4, 0.5) is 0 Å². The van der Waals surface area contributed by atoms with Gasteiger partial charge in [0.2, 0.25) is 5.91 Å². The van der Waals surface area contributed by atoms with Crippen LogP contribution in [0, 0.1) is 12.8 Å². The van der Waals surface area contributed by atoms with Crippen LogP contribution < -0.4 is 0 Å². The van der Waals surface area contributed by atoms with E-state index in [2.05, 4.69) is 36.1 Å². The van der Waals surface area contributed by atoms with Crippen molar-refractivity contribution < 1.29 is 14.3 Å². The van der Waals surface area contributed by atoms with E-state index in [0.717, 1.165) is 0 Å². The van der Waals surface area contributed by atoms with Gasteiger partial charge in [0.1, 0.15) is 0 Å². The highest BCUT2D eigenvalue weighted by Crippen LogP contribution is 2.25. The standard InChI is InChI=1S/C17H24N2O3/c1-12-5-7-13(8-6-12)15(18(2)3)11-19-10-14(9-16(19)20)17(21)22-4/h5-8,14-15H,9-11H2,1-4H3. The number of aryl methyl sites for hydroxylation is 1. The number of benzene rings is 1. The van der Waals surface area contributed by atoms with Crippen LogP contribution in [0.2, 0.25) is 0 Å². The quantitative estimate of drug-likeness (QED) is 0.776. The molecule has 0 radical (unpaired) electrons. The number of ether oxygens (including phenoxy) is 1. The molecule has 1 aromatic rings. The van der Waals surface area contributed by atoms with Crippen molar-refractivity contribution in [2.24, 2.45) is 5.92 Å². The molecule has 22 heavy (non-hydrogen) atoms. The van der Waals surface area contributed by atoms with E-state index >= 15 is 0 Å². The predicted octanol–water partition coefficient (Wildman–Crippen LogP) is 1.62. The zero-order valence-electron chi connectivity index (χ0n) is 13.7. The Hall–Kier alpha value is -1.88. The number of hydrogen-bond acceptors (Lipinski definition) is 4. The molecule has 0 saturated carbocycles. The normalized spacial score (nSPS) is 19.6. The summed E-state index contributed by atoms with van der Waals surface area (Å²) in [5.74, 6) is -0.611. The van der Waals surface area contributed by atoms with Crippen molar-refractivity contribution in [1.29, 1.82) is 0 Å². The van der Waals surface area contributed by atoms with Crippen molar-refractivity contribution in [3.05, 3.63) is 35.4 Å². The maximum atomic E-state index is 12.1. The summed E-state index contributed by atoms with van der Waals surface area (Å²) in [4.78, 5) is 27.6. The number of amides is 1. The van der Waals surface area contributed by atoms with E-state index in [0.29, 0.717) is 13.1 Å². The minimum atomic E-state index is -0.335. The fourth-order valence-corrected chi connectivity index (χ4v) is 2.84. The third-order valence-corrected chi connectivity index (χ3v) is 4.23. The van der Waals surface area contributed by atoms with Crippen molar-refractivity contribution in [2.45, 2.75) is 19.4 Å². The molecule has 1 aromatic carbocycles. The number of likely N-dealkylation sites (N-methyl/N-ethyl adjacent to an activating group) is 1. The molecular formula is C17H24N2O3. The summed E-state index contributed by atoms with van der Waals surface area (Å²) in [5.41, 5.74) is 2.38. The highest BCUT2D eigenvalue weighted by atomic mass is 16.5. The lowest BCUT2D eigenvalue weighted by molar-refractivity contribution is -0.145. The molecule has 1 heterocycles. The lowest BCUT2D eigenvalue weighted by Gasteiger charge is -2.29. The number of hydrogen-bond donors (Lipinski definition) is 0. The molecule has 5 nitrogen and oxygen atoms in total. The second kappa shape index (κ2) is 6.92. The Morgan fingerprint density at radius 2 is 2.00 bits per heavy atom. The minimum absolute atomic E-state index is 0.0226. The lowest BCUT2D eigenvalue weighted by atomic mass is 10.0.